The van der Waals surface area contributed by atoms with Crippen LogP contribution in [0.2, 0.25) is 0 Å². The van der Waals surface area contributed by atoms with E-state index < -0.39 is 5.54 Å². The predicted molar refractivity (Wildman–Crippen MR) is 75.1 cm³/mol. The molecular weight excluding hydrogens is 254 g/mol. The van der Waals surface area contributed by atoms with Gasteiger partial charge in [0.15, 0.2) is 11.5 Å². The molecule has 6 nitrogen and oxygen atoms in total. The first kappa shape index (κ1) is 13.1. The normalized spacial score (nSPS) is 22.9. The third kappa shape index (κ3) is 2.38. The smallest absolute Gasteiger partial charge is 0.240 e. The van der Waals surface area contributed by atoms with Crippen molar-refractivity contribution < 1.29 is 4.79 Å². The van der Waals surface area contributed by atoms with Crippen molar-refractivity contribution >= 4 is 11.6 Å². The number of piperidine rings is 1. The number of carbonyl (C=O) groups excluding carboxylic acids is 1. The molecule has 1 unspecified atom stereocenters. The average Bonchev–Trinajstić information content (AvgIpc) is 2.89. The summed E-state index contributed by atoms with van der Waals surface area (Å²) < 4.78 is 1.89. The lowest BCUT2D eigenvalue weighted by atomic mass is 9.90. The van der Waals surface area contributed by atoms with Crippen LogP contribution >= 0.6 is 0 Å². The Labute approximate surface area is 117 Å². The number of nitrogens with one attached hydrogen (secondary N) is 2. The fraction of sp³-hybridized carbons (Fsp3) is 0.500. The van der Waals surface area contributed by atoms with E-state index in [1.807, 2.05) is 35.7 Å². The van der Waals surface area contributed by atoms with Crippen LogP contribution in [0.3, 0.4) is 0 Å². The summed E-state index contributed by atoms with van der Waals surface area (Å²) in [6.07, 6.45) is 5.00. The number of fused-ring (bicyclic) bond motifs is 1. The fourth-order valence-electron chi connectivity index (χ4n) is 2.62. The highest BCUT2D eigenvalue weighted by atomic mass is 16.2. The number of hydrogen-bond acceptors (Lipinski definition) is 4. The van der Waals surface area contributed by atoms with Crippen molar-refractivity contribution in [3.63, 3.8) is 0 Å². The van der Waals surface area contributed by atoms with Crippen molar-refractivity contribution in [1.29, 1.82) is 0 Å². The summed E-state index contributed by atoms with van der Waals surface area (Å²) in [5.41, 5.74) is 0.331. The zero-order valence-electron chi connectivity index (χ0n) is 11.6. The first-order chi connectivity index (χ1) is 9.69. The van der Waals surface area contributed by atoms with E-state index in [1.165, 1.54) is 0 Å². The van der Waals surface area contributed by atoms with Gasteiger partial charge in [-0.3, -0.25) is 9.20 Å². The first-order valence-electron chi connectivity index (χ1n) is 7.01. The van der Waals surface area contributed by atoms with Crippen molar-refractivity contribution in [2.24, 2.45) is 0 Å². The zero-order valence-corrected chi connectivity index (χ0v) is 11.6. The molecule has 2 N–H and O–H groups in total. The Bertz CT molecular complexity index is 615. The van der Waals surface area contributed by atoms with Crippen LogP contribution in [0.25, 0.3) is 5.65 Å². The summed E-state index contributed by atoms with van der Waals surface area (Å²) in [6.45, 7) is 3.25. The summed E-state index contributed by atoms with van der Waals surface area (Å²) in [7, 11) is 0. The van der Waals surface area contributed by atoms with E-state index >= 15 is 0 Å². The summed E-state index contributed by atoms with van der Waals surface area (Å²) >= 11 is 0. The van der Waals surface area contributed by atoms with Gasteiger partial charge in [0, 0.05) is 6.20 Å². The Morgan fingerprint density at radius 2 is 2.35 bits per heavy atom. The molecule has 1 atom stereocenters. The van der Waals surface area contributed by atoms with Crippen LogP contribution in [0.4, 0.5) is 0 Å². The molecule has 1 fully saturated rings. The highest BCUT2D eigenvalue weighted by molar-refractivity contribution is 5.85. The van der Waals surface area contributed by atoms with Crippen LogP contribution in [0.15, 0.2) is 24.4 Å². The van der Waals surface area contributed by atoms with E-state index in [9.17, 15) is 4.79 Å². The third-order valence-corrected chi connectivity index (χ3v) is 3.91. The van der Waals surface area contributed by atoms with Crippen LogP contribution in [0.5, 0.6) is 0 Å². The zero-order chi connectivity index (χ0) is 14.0. The molecule has 106 valence electrons. The monoisotopic (exact) mass is 273 g/mol. The maximum absolute atomic E-state index is 12.3. The van der Waals surface area contributed by atoms with Gasteiger partial charge in [-0.1, -0.05) is 6.07 Å². The molecule has 6 heteroatoms. The highest BCUT2D eigenvalue weighted by Gasteiger charge is 2.34. The molecule has 0 saturated carbocycles. The molecule has 20 heavy (non-hydrogen) atoms. The summed E-state index contributed by atoms with van der Waals surface area (Å²) in [6, 6.07) is 5.73. The van der Waals surface area contributed by atoms with Crippen LogP contribution in [-0.2, 0) is 11.3 Å². The van der Waals surface area contributed by atoms with E-state index in [2.05, 4.69) is 20.8 Å². The quantitative estimate of drug-likeness (QED) is 0.871. The minimum absolute atomic E-state index is 0.0323. The molecular formula is C14H19N5O. The molecule has 1 aliphatic rings. The van der Waals surface area contributed by atoms with Crippen molar-refractivity contribution in [3.05, 3.63) is 30.2 Å². The predicted octanol–water partition coefficient (Wildman–Crippen LogP) is 0.878. The maximum atomic E-state index is 12.3. The van der Waals surface area contributed by atoms with Gasteiger partial charge in [-0.2, -0.15) is 0 Å². The van der Waals surface area contributed by atoms with Gasteiger partial charge >= 0.3 is 0 Å². The number of carbonyl (C=O) groups is 1. The van der Waals surface area contributed by atoms with Crippen LogP contribution in [0, 0.1) is 0 Å². The largest absolute Gasteiger partial charge is 0.347 e. The fourth-order valence-corrected chi connectivity index (χ4v) is 2.62. The minimum Gasteiger partial charge on any atom is -0.347 e. The van der Waals surface area contributed by atoms with Crippen LogP contribution in [-0.4, -0.2) is 32.6 Å². The molecule has 0 aromatic carbocycles. The molecule has 0 aliphatic carbocycles. The molecule has 2 aromatic rings. The van der Waals surface area contributed by atoms with Crippen molar-refractivity contribution in [2.45, 2.75) is 38.3 Å². The third-order valence-electron chi connectivity index (χ3n) is 3.91. The van der Waals surface area contributed by atoms with Gasteiger partial charge < -0.3 is 10.6 Å². The standard InChI is InChI=1S/C14H19N5O/c1-14(7-3-4-8-16-14)13(20)15-10-12-18-17-11-6-2-5-9-19(11)12/h2,5-6,9,16H,3-4,7-8,10H2,1H3,(H,15,20). The SMILES string of the molecule is CC1(C(=O)NCc2nnc3ccccn23)CCCCN1. The van der Waals surface area contributed by atoms with Crippen LogP contribution < -0.4 is 10.6 Å². The summed E-state index contributed by atoms with van der Waals surface area (Å²) in [4.78, 5) is 12.3. The van der Waals surface area contributed by atoms with Gasteiger partial charge in [0.25, 0.3) is 0 Å². The number of amides is 1. The van der Waals surface area contributed by atoms with Crippen molar-refractivity contribution in [3.8, 4) is 0 Å². The number of aromatic nitrogens is 3. The Hall–Kier alpha value is -1.95. The lowest BCUT2D eigenvalue weighted by Gasteiger charge is -2.33. The number of nitrogens with zero attached hydrogens (tertiary/aromatic N) is 3. The van der Waals surface area contributed by atoms with E-state index in [4.69, 9.17) is 0 Å². The summed E-state index contributed by atoms with van der Waals surface area (Å²) in [5.74, 6) is 0.776. The second-order valence-electron chi connectivity index (χ2n) is 5.44. The van der Waals surface area contributed by atoms with Crippen molar-refractivity contribution in [2.75, 3.05) is 6.54 Å². The van der Waals surface area contributed by atoms with Crippen molar-refractivity contribution in [1.82, 2.24) is 25.2 Å². The second-order valence-corrected chi connectivity index (χ2v) is 5.44. The second kappa shape index (κ2) is 5.20. The maximum Gasteiger partial charge on any atom is 0.240 e. The number of hydrogen-bond donors (Lipinski definition) is 2. The summed E-state index contributed by atoms with van der Waals surface area (Å²) in [5, 5.41) is 14.5. The lowest BCUT2D eigenvalue weighted by Crippen LogP contribution is -2.56. The molecule has 0 radical (unpaired) electrons. The molecule has 1 amide bonds. The van der Waals surface area contributed by atoms with Gasteiger partial charge in [-0.15, -0.1) is 10.2 Å². The van der Waals surface area contributed by atoms with E-state index in [-0.39, 0.29) is 5.91 Å². The highest BCUT2D eigenvalue weighted by Crippen LogP contribution is 2.18. The Kier molecular flexibility index (Phi) is 3.40. The van der Waals surface area contributed by atoms with Gasteiger partial charge in [0.05, 0.1) is 12.1 Å². The Morgan fingerprint density at radius 3 is 3.15 bits per heavy atom. The van der Waals surface area contributed by atoms with Gasteiger partial charge in [-0.05, 0) is 44.9 Å². The topological polar surface area (TPSA) is 71.3 Å². The molecule has 0 spiro atoms. The first-order valence-corrected chi connectivity index (χ1v) is 7.01. The molecule has 1 aliphatic heterocycles. The van der Waals surface area contributed by atoms with E-state index in [0.29, 0.717) is 6.54 Å². The van der Waals surface area contributed by atoms with Crippen LogP contribution in [0.1, 0.15) is 32.0 Å². The average molecular weight is 273 g/mol. The van der Waals surface area contributed by atoms with Gasteiger partial charge in [-0.25, -0.2) is 0 Å². The van der Waals surface area contributed by atoms with Gasteiger partial charge in [0.1, 0.15) is 0 Å². The number of rotatable bonds is 3. The Morgan fingerprint density at radius 1 is 1.45 bits per heavy atom. The molecule has 3 rings (SSSR count). The molecule has 1 saturated heterocycles. The lowest BCUT2D eigenvalue weighted by molar-refractivity contribution is -0.128. The minimum atomic E-state index is -0.460. The van der Waals surface area contributed by atoms with E-state index in [0.717, 1.165) is 37.3 Å². The number of pyridine rings is 1. The molecule has 0 bridgehead atoms. The molecule has 2 aromatic heterocycles. The Balaban J connectivity index is 1.68. The molecule has 3 heterocycles. The van der Waals surface area contributed by atoms with Gasteiger partial charge in [0.2, 0.25) is 5.91 Å². The van der Waals surface area contributed by atoms with E-state index in [1.54, 1.807) is 0 Å².